The summed E-state index contributed by atoms with van der Waals surface area (Å²) in [7, 11) is 1.58. The standard InChI is InChI=1S/C21H17ClFN5O2/c1-12-19(20(22)28(27-12)14-9-7-13(23)8-10-14)21(29)24-18-11-16(25-26-18)15-5-3-4-6-17(15)30-2/h3-11H,1-2H3,(H2,24,25,26,29). The number of aryl methyl sites for hydroxylation is 1. The topological polar surface area (TPSA) is 84.8 Å². The van der Waals surface area contributed by atoms with Crippen molar-refractivity contribution >= 4 is 23.3 Å². The Balaban J connectivity index is 1.59. The van der Waals surface area contributed by atoms with Crippen LogP contribution >= 0.6 is 11.6 Å². The number of rotatable bonds is 5. The molecule has 0 saturated carbocycles. The van der Waals surface area contributed by atoms with Gasteiger partial charge in [-0.15, -0.1) is 0 Å². The van der Waals surface area contributed by atoms with Gasteiger partial charge in [-0.3, -0.25) is 9.89 Å². The summed E-state index contributed by atoms with van der Waals surface area (Å²) in [5.41, 5.74) is 2.69. The third-order valence-corrected chi connectivity index (χ3v) is 4.87. The Labute approximate surface area is 176 Å². The van der Waals surface area contributed by atoms with Crippen molar-refractivity contribution in [1.29, 1.82) is 0 Å². The van der Waals surface area contributed by atoms with Gasteiger partial charge in [0.25, 0.3) is 5.91 Å². The van der Waals surface area contributed by atoms with Gasteiger partial charge in [0.05, 0.1) is 24.2 Å². The minimum Gasteiger partial charge on any atom is -0.496 e. The highest BCUT2D eigenvalue weighted by Gasteiger charge is 2.22. The molecule has 0 aliphatic rings. The van der Waals surface area contributed by atoms with Crippen LogP contribution in [0, 0.1) is 12.7 Å². The zero-order valence-electron chi connectivity index (χ0n) is 16.1. The van der Waals surface area contributed by atoms with Crippen molar-refractivity contribution in [2.24, 2.45) is 0 Å². The van der Waals surface area contributed by atoms with Gasteiger partial charge in [-0.25, -0.2) is 9.07 Å². The molecule has 0 aliphatic heterocycles. The molecule has 0 atom stereocenters. The van der Waals surface area contributed by atoms with Crippen LogP contribution in [0.1, 0.15) is 16.1 Å². The quantitative estimate of drug-likeness (QED) is 0.488. The lowest BCUT2D eigenvalue weighted by molar-refractivity contribution is 0.102. The molecule has 0 spiro atoms. The summed E-state index contributed by atoms with van der Waals surface area (Å²) in [6, 6.07) is 14.8. The maximum absolute atomic E-state index is 13.2. The van der Waals surface area contributed by atoms with E-state index in [1.165, 1.54) is 28.9 Å². The Kier molecular flexibility index (Phi) is 5.24. The number of nitrogens with zero attached hydrogens (tertiary/aromatic N) is 3. The van der Waals surface area contributed by atoms with Crippen molar-refractivity contribution in [2.45, 2.75) is 6.92 Å². The minimum absolute atomic E-state index is 0.122. The van der Waals surface area contributed by atoms with Gasteiger partial charge < -0.3 is 10.1 Å². The monoisotopic (exact) mass is 425 g/mol. The number of methoxy groups -OCH3 is 1. The zero-order valence-corrected chi connectivity index (χ0v) is 16.9. The number of carbonyl (C=O) groups excluding carboxylic acids is 1. The van der Waals surface area contributed by atoms with E-state index in [0.717, 1.165) is 5.56 Å². The molecular weight excluding hydrogens is 409 g/mol. The van der Waals surface area contributed by atoms with Crippen molar-refractivity contribution in [3.8, 4) is 22.7 Å². The van der Waals surface area contributed by atoms with Crippen LogP contribution in [0.15, 0.2) is 54.6 Å². The molecule has 0 fully saturated rings. The number of aromatic amines is 1. The van der Waals surface area contributed by atoms with Crippen LogP contribution < -0.4 is 10.1 Å². The van der Waals surface area contributed by atoms with E-state index in [0.29, 0.717) is 28.6 Å². The summed E-state index contributed by atoms with van der Waals surface area (Å²) >= 11 is 6.41. The Morgan fingerprint density at radius 1 is 1.20 bits per heavy atom. The van der Waals surface area contributed by atoms with Gasteiger partial charge in [-0.1, -0.05) is 23.7 Å². The number of carbonyl (C=O) groups is 1. The van der Waals surface area contributed by atoms with Crippen molar-refractivity contribution in [1.82, 2.24) is 20.0 Å². The summed E-state index contributed by atoms with van der Waals surface area (Å²) in [5, 5.41) is 14.2. The van der Waals surface area contributed by atoms with Gasteiger partial charge in [-0.05, 0) is 43.3 Å². The highest BCUT2D eigenvalue weighted by atomic mass is 35.5. The van der Waals surface area contributed by atoms with Crippen LogP contribution in [0.3, 0.4) is 0 Å². The largest absolute Gasteiger partial charge is 0.496 e. The molecule has 0 bridgehead atoms. The highest BCUT2D eigenvalue weighted by Crippen LogP contribution is 2.30. The predicted octanol–water partition coefficient (Wildman–Crippen LogP) is 4.62. The second kappa shape index (κ2) is 8.00. The SMILES string of the molecule is COc1ccccc1-c1cc(NC(=O)c2c(C)nn(-c3ccc(F)cc3)c2Cl)n[nH]1. The van der Waals surface area contributed by atoms with Gasteiger partial charge >= 0.3 is 0 Å². The van der Waals surface area contributed by atoms with Crippen LogP contribution in [-0.4, -0.2) is 33.0 Å². The Bertz CT molecular complexity index is 1220. The van der Waals surface area contributed by atoms with Gasteiger partial charge in [0.1, 0.15) is 22.3 Å². The lowest BCUT2D eigenvalue weighted by Crippen LogP contribution is -2.13. The van der Waals surface area contributed by atoms with E-state index in [9.17, 15) is 9.18 Å². The normalized spacial score (nSPS) is 10.8. The fraction of sp³-hybridized carbons (Fsp3) is 0.0952. The molecule has 9 heteroatoms. The van der Waals surface area contributed by atoms with E-state index in [1.54, 1.807) is 20.1 Å². The molecule has 2 aromatic heterocycles. The zero-order chi connectivity index (χ0) is 21.3. The van der Waals surface area contributed by atoms with Gasteiger partial charge in [-0.2, -0.15) is 10.2 Å². The molecule has 152 valence electrons. The van der Waals surface area contributed by atoms with Crippen LogP contribution in [0.2, 0.25) is 5.15 Å². The summed E-state index contributed by atoms with van der Waals surface area (Å²) < 4.78 is 19.9. The third kappa shape index (κ3) is 3.65. The second-order valence-corrected chi connectivity index (χ2v) is 6.82. The first-order valence-electron chi connectivity index (χ1n) is 8.99. The van der Waals surface area contributed by atoms with Gasteiger partial charge in [0.2, 0.25) is 0 Å². The van der Waals surface area contributed by atoms with E-state index < -0.39 is 5.91 Å². The van der Waals surface area contributed by atoms with Crippen molar-refractivity contribution in [3.63, 3.8) is 0 Å². The average Bonchev–Trinajstić information content (AvgIpc) is 3.32. The first-order valence-corrected chi connectivity index (χ1v) is 9.37. The lowest BCUT2D eigenvalue weighted by atomic mass is 10.1. The average molecular weight is 426 g/mol. The number of halogens is 2. The smallest absolute Gasteiger partial charge is 0.261 e. The number of hydrogen-bond donors (Lipinski definition) is 2. The summed E-state index contributed by atoms with van der Waals surface area (Å²) in [4.78, 5) is 12.8. The molecule has 0 saturated heterocycles. The molecule has 30 heavy (non-hydrogen) atoms. The van der Waals surface area contributed by atoms with Crippen LogP contribution in [0.4, 0.5) is 10.2 Å². The van der Waals surface area contributed by atoms with Crippen LogP contribution in [0.5, 0.6) is 5.75 Å². The number of amides is 1. The van der Waals surface area contributed by atoms with Crippen LogP contribution in [-0.2, 0) is 0 Å². The number of aromatic nitrogens is 4. The fourth-order valence-corrected chi connectivity index (χ4v) is 3.44. The Morgan fingerprint density at radius 3 is 2.67 bits per heavy atom. The Hall–Kier alpha value is -3.65. The van der Waals surface area contributed by atoms with E-state index in [2.05, 4.69) is 20.6 Å². The van der Waals surface area contributed by atoms with Crippen LogP contribution in [0.25, 0.3) is 16.9 Å². The molecule has 4 rings (SSSR count). The lowest BCUT2D eigenvalue weighted by Gasteiger charge is -2.05. The molecule has 0 radical (unpaired) electrons. The minimum atomic E-state index is -0.455. The van der Waals surface area contributed by atoms with Crippen molar-refractivity contribution in [3.05, 3.63) is 76.8 Å². The molecule has 4 aromatic rings. The number of hydrogen-bond acceptors (Lipinski definition) is 4. The maximum Gasteiger partial charge on any atom is 0.261 e. The molecule has 0 aliphatic carbocycles. The van der Waals surface area contributed by atoms with E-state index >= 15 is 0 Å². The molecular formula is C21H17ClFN5O2. The maximum atomic E-state index is 13.2. The molecule has 7 nitrogen and oxygen atoms in total. The second-order valence-electron chi connectivity index (χ2n) is 6.46. The first kappa shape index (κ1) is 19.7. The van der Waals surface area contributed by atoms with E-state index in [-0.39, 0.29) is 16.5 Å². The molecule has 2 heterocycles. The third-order valence-electron chi connectivity index (χ3n) is 4.52. The number of anilines is 1. The summed E-state index contributed by atoms with van der Waals surface area (Å²) in [6.45, 7) is 1.67. The van der Waals surface area contributed by atoms with Gasteiger partial charge in [0, 0.05) is 11.6 Å². The first-order chi connectivity index (χ1) is 14.5. The van der Waals surface area contributed by atoms with Gasteiger partial charge in [0.15, 0.2) is 5.82 Å². The number of para-hydroxylation sites is 1. The number of H-pyrrole nitrogens is 1. The number of ether oxygens (including phenoxy) is 1. The van der Waals surface area contributed by atoms with Crippen molar-refractivity contribution < 1.29 is 13.9 Å². The molecule has 1 amide bonds. The fourth-order valence-electron chi connectivity index (χ4n) is 3.08. The number of nitrogens with one attached hydrogen (secondary N) is 2. The van der Waals surface area contributed by atoms with E-state index in [4.69, 9.17) is 16.3 Å². The predicted molar refractivity (Wildman–Crippen MR) is 112 cm³/mol. The Morgan fingerprint density at radius 2 is 1.93 bits per heavy atom. The summed E-state index contributed by atoms with van der Waals surface area (Å²) in [6.07, 6.45) is 0. The highest BCUT2D eigenvalue weighted by molar-refractivity contribution is 6.34. The molecule has 2 N–H and O–H groups in total. The molecule has 2 aromatic carbocycles. The number of benzene rings is 2. The summed E-state index contributed by atoms with van der Waals surface area (Å²) in [5.74, 6) is 0.175. The van der Waals surface area contributed by atoms with Crippen molar-refractivity contribution in [2.75, 3.05) is 12.4 Å². The molecule has 0 unspecified atom stereocenters. The van der Waals surface area contributed by atoms with E-state index in [1.807, 2.05) is 24.3 Å².